The molecule has 4 aliphatic carbocycles. The van der Waals surface area contributed by atoms with Gasteiger partial charge in [0.25, 0.3) is 0 Å². The normalized spacial score (nSPS) is 41.8. The molecule has 0 amide bonds. The van der Waals surface area contributed by atoms with Crippen molar-refractivity contribution >= 4 is 23.5 Å². The number of rotatable bonds is 6. The first-order chi connectivity index (χ1) is 18.8. The lowest BCUT2D eigenvalue weighted by Crippen LogP contribution is -2.55. The molecule has 0 spiro atoms. The van der Waals surface area contributed by atoms with Crippen LogP contribution >= 0.6 is 0 Å². The van der Waals surface area contributed by atoms with E-state index in [1.54, 1.807) is 6.92 Å². The zero-order valence-electron chi connectivity index (χ0n) is 25.2. The number of allylic oxidation sites excluding steroid dienone is 3. The van der Waals surface area contributed by atoms with Crippen molar-refractivity contribution < 1.29 is 33.4 Å². The van der Waals surface area contributed by atoms with Gasteiger partial charge in [-0.1, -0.05) is 39.3 Å². The average Bonchev–Trinajstić information content (AvgIpc) is 3.36. The standard InChI is InChI=1S/C33H46O7/c1-17(16-38-20(4)35)12-25(19(3)34)31-18(2)30-28(40-31)14-27-24-9-8-22-13-23(39-21(5)36)10-11-32(22,6)26(24)15-29(37)33(27,30)7/h8,17-18,23-24,26-28,30H,9-16H2,1-7H3/b31-25+/t17-,18+,23+,24-,26+,27+,28+,30+,32+,33-/m1/s1. The lowest BCUT2D eigenvalue weighted by molar-refractivity contribution is -0.151. The van der Waals surface area contributed by atoms with Gasteiger partial charge >= 0.3 is 11.9 Å². The second-order valence-electron chi connectivity index (χ2n) is 13.9. The van der Waals surface area contributed by atoms with E-state index in [4.69, 9.17) is 14.2 Å². The summed E-state index contributed by atoms with van der Waals surface area (Å²) in [7, 11) is 0. The summed E-state index contributed by atoms with van der Waals surface area (Å²) in [5.41, 5.74) is 1.52. The van der Waals surface area contributed by atoms with Crippen LogP contribution in [0.25, 0.3) is 0 Å². The Labute approximate surface area is 238 Å². The van der Waals surface area contributed by atoms with Crippen molar-refractivity contribution in [2.45, 2.75) is 106 Å². The third-order valence-electron chi connectivity index (χ3n) is 11.4. The van der Waals surface area contributed by atoms with Crippen LogP contribution in [0.5, 0.6) is 0 Å². The van der Waals surface area contributed by atoms with Crippen molar-refractivity contribution in [3.63, 3.8) is 0 Å². The Kier molecular flexibility index (Phi) is 7.58. The van der Waals surface area contributed by atoms with Gasteiger partial charge in [0.1, 0.15) is 23.8 Å². The fraction of sp³-hybridized carbons (Fsp3) is 0.758. The first-order valence-electron chi connectivity index (χ1n) is 15.2. The van der Waals surface area contributed by atoms with E-state index >= 15 is 0 Å². The highest BCUT2D eigenvalue weighted by molar-refractivity contribution is 5.94. The van der Waals surface area contributed by atoms with Gasteiger partial charge in [0.2, 0.25) is 0 Å². The number of hydrogen-bond donors (Lipinski definition) is 0. The molecule has 4 fully saturated rings. The van der Waals surface area contributed by atoms with E-state index < -0.39 is 5.41 Å². The topological polar surface area (TPSA) is 96.0 Å². The first-order valence-corrected chi connectivity index (χ1v) is 15.2. The first kappa shape index (κ1) is 29.1. The Morgan fingerprint density at radius 1 is 1.10 bits per heavy atom. The molecule has 0 aromatic heterocycles. The van der Waals surface area contributed by atoms with Gasteiger partial charge in [0.15, 0.2) is 5.78 Å². The van der Waals surface area contributed by atoms with E-state index in [-0.39, 0.29) is 65.6 Å². The van der Waals surface area contributed by atoms with Crippen LogP contribution in [-0.4, -0.2) is 42.3 Å². The van der Waals surface area contributed by atoms with Crippen molar-refractivity contribution in [2.75, 3.05) is 6.61 Å². The molecule has 7 heteroatoms. The molecule has 5 aliphatic rings. The predicted octanol–water partition coefficient (Wildman–Crippen LogP) is 5.75. The average molecular weight is 555 g/mol. The van der Waals surface area contributed by atoms with Gasteiger partial charge in [0, 0.05) is 49.5 Å². The second kappa shape index (κ2) is 10.4. The smallest absolute Gasteiger partial charge is 0.302 e. The molecule has 0 bridgehead atoms. The van der Waals surface area contributed by atoms with E-state index in [1.807, 2.05) is 6.92 Å². The fourth-order valence-corrected chi connectivity index (χ4v) is 9.55. The Balaban J connectivity index is 1.39. The van der Waals surface area contributed by atoms with Crippen LogP contribution in [0.4, 0.5) is 0 Å². The van der Waals surface area contributed by atoms with Crippen LogP contribution < -0.4 is 0 Å². The predicted molar refractivity (Wildman–Crippen MR) is 149 cm³/mol. The Hall–Kier alpha value is -2.44. The largest absolute Gasteiger partial charge is 0.494 e. The summed E-state index contributed by atoms with van der Waals surface area (Å²) in [4.78, 5) is 49.9. The zero-order chi connectivity index (χ0) is 29.1. The van der Waals surface area contributed by atoms with Crippen molar-refractivity contribution in [3.05, 3.63) is 23.0 Å². The molecule has 0 aromatic carbocycles. The van der Waals surface area contributed by atoms with Crippen LogP contribution in [0, 0.1) is 46.3 Å². The molecular formula is C33H46O7. The molecule has 3 saturated carbocycles. The summed E-state index contributed by atoms with van der Waals surface area (Å²) < 4.78 is 17.4. The number of ketones is 2. The molecule has 0 unspecified atom stereocenters. The maximum absolute atomic E-state index is 14.2. The number of Topliss-reactive ketones (excluding diaryl/α,β-unsaturated/α-hetero) is 2. The van der Waals surface area contributed by atoms with Gasteiger partial charge in [-0.25, -0.2) is 0 Å². The van der Waals surface area contributed by atoms with Crippen molar-refractivity contribution in [2.24, 2.45) is 46.3 Å². The number of fused-ring (bicyclic) bond motifs is 7. The second-order valence-corrected chi connectivity index (χ2v) is 13.9. The third kappa shape index (κ3) is 4.65. The summed E-state index contributed by atoms with van der Waals surface area (Å²) in [6, 6.07) is 0. The Morgan fingerprint density at radius 2 is 1.82 bits per heavy atom. The van der Waals surface area contributed by atoms with Crippen LogP contribution in [0.15, 0.2) is 23.0 Å². The summed E-state index contributed by atoms with van der Waals surface area (Å²) in [6.45, 7) is 13.3. The van der Waals surface area contributed by atoms with E-state index in [9.17, 15) is 19.2 Å². The van der Waals surface area contributed by atoms with Gasteiger partial charge < -0.3 is 14.2 Å². The summed E-state index contributed by atoms with van der Waals surface area (Å²) in [5.74, 6) is 1.52. The summed E-state index contributed by atoms with van der Waals surface area (Å²) in [5, 5.41) is 0. The van der Waals surface area contributed by atoms with E-state index in [1.165, 1.54) is 19.4 Å². The number of ether oxygens (including phenoxy) is 3. The molecule has 1 heterocycles. The lowest BCUT2D eigenvalue weighted by Gasteiger charge is -2.57. The van der Waals surface area contributed by atoms with Gasteiger partial charge in [0.05, 0.1) is 6.61 Å². The highest BCUT2D eigenvalue weighted by Gasteiger charge is 2.68. The number of carbonyl (C=O) groups is 4. The maximum atomic E-state index is 14.2. The SMILES string of the molecule is CC(=O)OC[C@H](C)C/C(C(C)=O)=C1\O[C@H]2C[C@H]3[C@@H]4CC=C5C[C@@H](OC(C)=O)CC[C@]5(C)[C@H]4CC(=O)[C@]3(C)[C@H]2[C@@H]1C. The minimum Gasteiger partial charge on any atom is -0.494 e. The fourth-order valence-electron chi connectivity index (χ4n) is 9.55. The van der Waals surface area contributed by atoms with Gasteiger partial charge in [-0.3, -0.25) is 19.2 Å². The molecule has 5 rings (SSSR count). The molecule has 0 aromatic rings. The van der Waals surface area contributed by atoms with Gasteiger partial charge in [-0.2, -0.15) is 0 Å². The molecule has 1 aliphatic heterocycles. The number of esters is 2. The Morgan fingerprint density at radius 3 is 2.48 bits per heavy atom. The molecule has 7 nitrogen and oxygen atoms in total. The van der Waals surface area contributed by atoms with E-state index in [0.717, 1.165) is 37.9 Å². The van der Waals surface area contributed by atoms with Crippen molar-refractivity contribution in [1.82, 2.24) is 0 Å². The van der Waals surface area contributed by atoms with Gasteiger partial charge in [-0.05, 0) is 68.1 Å². The Bertz CT molecular complexity index is 1170. The number of hydrogen-bond acceptors (Lipinski definition) is 7. The van der Waals surface area contributed by atoms with E-state index in [0.29, 0.717) is 36.0 Å². The monoisotopic (exact) mass is 554 g/mol. The lowest BCUT2D eigenvalue weighted by atomic mass is 9.46. The maximum Gasteiger partial charge on any atom is 0.302 e. The van der Waals surface area contributed by atoms with E-state index in [2.05, 4.69) is 26.8 Å². The molecule has 220 valence electrons. The quantitative estimate of drug-likeness (QED) is 0.234. The minimum absolute atomic E-state index is 0.00755. The summed E-state index contributed by atoms with van der Waals surface area (Å²) in [6.07, 6.45) is 7.69. The molecular weight excluding hydrogens is 508 g/mol. The molecule has 10 atom stereocenters. The summed E-state index contributed by atoms with van der Waals surface area (Å²) >= 11 is 0. The molecule has 0 radical (unpaired) electrons. The van der Waals surface area contributed by atoms with Crippen LogP contribution in [0.2, 0.25) is 0 Å². The highest BCUT2D eigenvalue weighted by Crippen LogP contribution is 2.68. The molecule has 1 saturated heterocycles. The van der Waals surface area contributed by atoms with Crippen molar-refractivity contribution in [1.29, 1.82) is 0 Å². The third-order valence-corrected chi connectivity index (χ3v) is 11.4. The van der Waals surface area contributed by atoms with Crippen LogP contribution in [0.3, 0.4) is 0 Å². The van der Waals surface area contributed by atoms with Crippen LogP contribution in [0.1, 0.15) is 93.4 Å². The van der Waals surface area contributed by atoms with Gasteiger partial charge in [-0.15, -0.1) is 0 Å². The van der Waals surface area contributed by atoms with Crippen molar-refractivity contribution in [3.8, 4) is 0 Å². The number of carbonyl (C=O) groups excluding carboxylic acids is 4. The molecule has 40 heavy (non-hydrogen) atoms. The van der Waals surface area contributed by atoms with Crippen LogP contribution in [-0.2, 0) is 33.4 Å². The minimum atomic E-state index is -0.477. The molecule has 0 N–H and O–H groups in total. The highest BCUT2D eigenvalue weighted by atomic mass is 16.5. The zero-order valence-corrected chi connectivity index (χ0v) is 25.2.